The molecule has 0 radical (unpaired) electrons. The molecular formula is C13H14ClNS. The summed E-state index contributed by atoms with van der Waals surface area (Å²) >= 11 is 7.60. The van der Waals surface area contributed by atoms with Crippen molar-refractivity contribution in [2.75, 3.05) is 0 Å². The summed E-state index contributed by atoms with van der Waals surface area (Å²) in [7, 11) is 0. The second-order valence-corrected chi connectivity index (χ2v) is 5.34. The normalized spacial score (nSPS) is 12.6. The predicted octanol–water partition coefficient (Wildman–Crippen LogP) is 3.51. The van der Waals surface area contributed by atoms with Crippen LogP contribution in [0.25, 0.3) is 0 Å². The Morgan fingerprint density at radius 3 is 2.50 bits per heavy atom. The van der Waals surface area contributed by atoms with Crippen molar-refractivity contribution in [2.24, 2.45) is 5.73 Å². The molecular weight excluding hydrogens is 238 g/mol. The van der Waals surface area contributed by atoms with Gasteiger partial charge in [0, 0.05) is 15.9 Å². The largest absolute Gasteiger partial charge is 0.327 e. The molecule has 1 atom stereocenters. The fourth-order valence-corrected chi connectivity index (χ4v) is 2.61. The molecule has 0 spiro atoms. The van der Waals surface area contributed by atoms with Crippen LogP contribution in [0.1, 0.15) is 10.4 Å². The van der Waals surface area contributed by atoms with Gasteiger partial charge >= 0.3 is 0 Å². The molecule has 0 saturated heterocycles. The fourth-order valence-electron chi connectivity index (χ4n) is 1.68. The zero-order valence-corrected chi connectivity index (χ0v) is 10.5. The van der Waals surface area contributed by atoms with Crippen molar-refractivity contribution in [1.82, 2.24) is 0 Å². The van der Waals surface area contributed by atoms with Crippen molar-refractivity contribution < 1.29 is 0 Å². The van der Waals surface area contributed by atoms with Crippen LogP contribution in [-0.2, 0) is 12.8 Å². The summed E-state index contributed by atoms with van der Waals surface area (Å²) in [5, 5.41) is 2.86. The molecule has 2 aromatic rings. The summed E-state index contributed by atoms with van der Waals surface area (Å²) in [6, 6.07) is 12.3. The second-order valence-electron chi connectivity index (χ2n) is 3.87. The molecule has 0 amide bonds. The maximum atomic E-state index is 6.11. The second kappa shape index (κ2) is 5.48. The lowest BCUT2D eigenvalue weighted by Gasteiger charge is -2.10. The number of hydrogen-bond donors (Lipinski definition) is 1. The molecule has 3 heteroatoms. The van der Waals surface area contributed by atoms with Gasteiger partial charge in [-0.3, -0.25) is 0 Å². The molecule has 16 heavy (non-hydrogen) atoms. The highest BCUT2D eigenvalue weighted by molar-refractivity contribution is 7.09. The average molecular weight is 252 g/mol. The molecule has 0 aliphatic rings. The molecule has 0 bridgehead atoms. The van der Waals surface area contributed by atoms with E-state index in [2.05, 4.69) is 17.5 Å². The van der Waals surface area contributed by atoms with Gasteiger partial charge in [0.1, 0.15) is 0 Å². The Hall–Kier alpha value is -0.830. The zero-order chi connectivity index (χ0) is 11.4. The van der Waals surface area contributed by atoms with E-state index in [9.17, 15) is 0 Å². The first-order valence-electron chi connectivity index (χ1n) is 5.26. The maximum absolute atomic E-state index is 6.11. The number of nitrogens with two attached hydrogens (primary N) is 1. The maximum Gasteiger partial charge on any atom is 0.0406 e. The van der Waals surface area contributed by atoms with Crippen molar-refractivity contribution in [2.45, 2.75) is 18.9 Å². The zero-order valence-electron chi connectivity index (χ0n) is 8.90. The number of hydrogen-bond acceptors (Lipinski definition) is 2. The van der Waals surface area contributed by atoms with Gasteiger partial charge in [-0.1, -0.05) is 29.8 Å². The minimum Gasteiger partial charge on any atom is -0.327 e. The molecule has 1 heterocycles. The van der Waals surface area contributed by atoms with E-state index in [-0.39, 0.29) is 6.04 Å². The Bertz CT molecular complexity index is 422. The van der Waals surface area contributed by atoms with Crippen molar-refractivity contribution in [1.29, 1.82) is 0 Å². The van der Waals surface area contributed by atoms with E-state index in [4.69, 9.17) is 17.3 Å². The van der Waals surface area contributed by atoms with Crippen LogP contribution < -0.4 is 5.73 Å². The van der Waals surface area contributed by atoms with Crippen LogP contribution in [0.5, 0.6) is 0 Å². The van der Waals surface area contributed by atoms with Crippen LogP contribution >= 0.6 is 22.9 Å². The van der Waals surface area contributed by atoms with Crippen molar-refractivity contribution in [3.63, 3.8) is 0 Å². The number of halogens is 1. The molecule has 84 valence electrons. The summed E-state index contributed by atoms with van der Waals surface area (Å²) in [5.74, 6) is 0. The van der Waals surface area contributed by atoms with Gasteiger partial charge in [0.25, 0.3) is 0 Å². The fraction of sp³-hybridized carbons (Fsp3) is 0.231. The van der Waals surface area contributed by atoms with Gasteiger partial charge in [0.2, 0.25) is 0 Å². The Balaban J connectivity index is 1.92. The highest BCUT2D eigenvalue weighted by Crippen LogP contribution is 2.14. The van der Waals surface area contributed by atoms with Gasteiger partial charge in [0.15, 0.2) is 0 Å². The molecule has 1 unspecified atom stereocenters. The van der Waals surface area contributed by atoms with Crippen LogP contribution in [0.3, 0.4) is 0 Å². The molecule has 2 N–H and O–H groups in total. The van der Waals surface area contributed by atoms with Crippen LogP contribution in [0.2, 0.25) is 5.02 Å². The lowest BCUT2D eigenvalue weighted by Crippen LogP contribution is -2.25. The first-order valence-corrected chi connectivity index (χ1v) is 6.52. The third-order valence-electron chi connectivity index (χ3n) is 2.45. The third-order valence-corrected chi connectivity index (χ3v) is 3.61. The molecule has 2 rings (SSSR count). The average Bonchev–Trinajstić information content (AvgIpc) is 2.74. The van der Waals surface area contributed by atoms with E-state index < -0.39 is 0 Å². The Morgan fingerprint density at radius 1 is 1.12 bits per heavy atom. The van der Waals surface area contributed by atoms with Gasteiger partial charge in [-0.2, -0.15) is 0 Å². The van der Waals surface area contributed by atoms with Gasteiger partial charge in [-0.15, -0.1) is 11.3 Å². The van der Waals surface area contributed by atoms with E-state index in [1.54, 1.807) is 11.3 Å². The lowest BCUT2D eigenvalue weighted by atomic mass is 10.0. The monoisotopic (exact) mass is 251 g/mol. The van der Waals surface area contributed by atoms with Crippen LogP contribution in [-0.4, -0.2) is 6.04 Å². The highest BCUT2D eigenvalue weighted by Gasteiger charge is 2.06. The summed E-state index contributed by atoms with van der Waals surface area (Å²) in [6.07, 6.45) is 1.84. The molecule has 1 aromatic heterocycles. The molecule has 0 aliphatic heterocycles. The van der Waals surface area contributed by atoms with Crippen molar-refractivity contribution >= 4 is 22.9 Å². The number of thiophene rings is 1. The Labute approximate surface area is 105 Å². The van der Waals surface area contributed by atoms with E-state index in [0.717, 1.165) is 17.9 Å². The Morgan fingerprint density at radius 2 is 1.88 bits per heavy atom. The van der Waals surface area contributed by atoms with Gasteiger partial charge < -0.3 is 5.73 Å². The minimum atomic E-state index is 0.180. The topological polar surface area (TPSA) is 26.0 Å². The van der Waals surface area contributed by atoms with Gasteiger partial charge in [0.05, 0.1) is 0 Å². The van der Waals surface area contributed by atoms with E-state index in [1.807, 2.05) is 24.3 Å². The summed E-state index contributed by atoms with van der Waals surface area (Å²) in [5.41, 5.74) is 7.35. The first kappa shape index (κ1) is 11.6. The third kappa shape index (κ3) is 3.34. The van der Waals surface area contributed by atoms with E-state index >= 15 is 0 Å². The predicted molar refractivity (Wildman–Crippen MR) is 71.2 cm³/mol. The summed E-state index contributed by atoms with van der Waals surface area (Å²) < 4.78 is 0. The molecule has 0 aliphatic carbocycles. The standard InChI is InChI=1S/C13H14ClNS/c14-11-5-3-10(4-6-11)8-12(15)9-13-2-1-7-16-13/h1-7,12H,8-9,15H2. The van der Waals surface area contributed by atoms with Crippen LogP contribution in [0.4, 0.5) is 0 Å². The summed E-state index contributed by atoms with van der Waals surface area (Å²) in [4.78, 5) is 1.35. The van der Waals surface area contributed by atoms with E-state index in [1.165, 1.54) is 10.4 Å². The molecule has 0 saturated carbocycles. The van der Waals surface area contributed by atoms with Crippen LogP contribution in [0, 0.1) is 0 Å². The quantitative estimate of drug-likeness (QED) is 0.884. The Kier molecular flexibility index (Phi) is 3.99. The molecule has 1 aromatic carbocycles. The van der Waals surface area contributed by atoms with Crippen molar-refractivity contribution in [3.8, 4) is 0 Å². The van der Waals surface area contributed by atoms with Gasteiger partial charge in [-0.05, 0) is 42.0 Å². The van der Waals surface area contributed by atoms with E-state index in [0.29, 0.717) is 0 Å². The molecule has 1 nitrogen and oxygen atoms in total. The molecule has 0 fully saturated rings. The first-order chi connectivity index (χ1) is 7.74. The SMILES string of the molecule is NC(Cc1ccc(Cl)cc1)Cc1cccs1. The highest BCUT2D eigenvalue weighted by atomic mass is 35.5. The lowest BCUT2D eigenvalue weighted by molar-refractivity contribution is 0.671. The minimum absolute atomic E-state index is 0.180. The smallest absolute Gasteiger partial charge is 0.0406 e. The number of benzene rings is 1. The van der Waals surface area contributed by atoms with Crippen molar-refractivity contribution in [3.05, 3.63) is 57.2 Å². The summed E-state index contributed by atoms with van der Waals surface area (Å²) in [6.45, 7) is 0. The number of rotatable bonds is 4. The van der Waals surface area contributed by atoms with Crippen LogP contribution in [0.15, 0.2) is 41.8 Å². The van der Waals surface area contributed by atoms with Gasteiger partial charge in [-0.25, -0.2) is 0 Å².